The van der Waals surface area contributed by atoms with E-state index in [4.69, 9.17) is 10.5 Å². The maximum absolute atomic E-state index is 11.6. The van der Waals surface area contributed by atoms with E-state index in [0.717, 1.165) is 42.4 Å². The minimum absolute atomic E-state index is 0.0543. The van der Waals surface area contributed by atoms with Crippen LogP contribution in [-0.4, -0.2) is 29.3 Å². The summed E-state index contributed by atoms with van der Waals surface area (Å²) in [6.45, 7) is 13.7. The number of hydrogen-bond acceptors (Lipinski definition) is 4. The van der Waals surface area contributed by atoms with E-state index in [1.54, 1.807) is 0 Å². The fourth-order valence-corrected chi connectivity index (χ4v) is 9.74. The summed E-state index contributed by atoms with van der Waals surface area (Å²) >= 11 is 0. The van der Waals surface area contributed by atoms with Crippen molar-refractivity contribution in [2.75, 3.05) is 0 Å². The second-order valence-corrected chi connectivity index (χ2v) is 13.4. The molecule has 33 heavy (non-hydrogen) atoms. The number of esters is 1. The predicted molar refractivity (Wildman–Crippen MR) is 133 cm³/mol. The highest BCUT2D eigenvalue weighted by molar-refractivity contribution is 5.66. The van der Waals surface area contributed by atoms with E-state index in [2.05, 4.69) is 34.6 Å². The quantitative estimate of drug-likeness (QED) is 0.480. The van der Waals surface area contributed by atoms with Crippen molar-refractivity contribution in [2.24, 2.45) is 58.0 Å². The number of fused-ring (bicyclic) bond motifs is 5. The summed E-state index contributed by atoms with van der Waals surface area (Å²) in [6.07, 6.45) is 11.5. The van der Waals surface area contributed by atoms with Crippen LogP contribution >= 0.6 is 0 Å². The van der Waals surface area contributed by atoms with E-state index in [9.17, 15) is 9.90 Å². The van der Waals surface area contributed by atoms with E-state index < -0.39 is 12.2 Å². The van der Waals surface area contributed by atoms with Crippen LogP contribution in [0.1, 0.15) is 106 Å². The Labute approximate surface area is 202 Å². The van der Waals surface area contributed by atoms with E-state index in [0.29, 0.717) is 17.3 Å². The zero-order chi connectivity index (χ0) is 24.1. The third kappa shape index (κ3) is 4.30. The standard InChI is InChI=1S/C29H51NO3/c1-17(2)8-7-9-18(3)22-12-13-23-21-11-10-20-16-25(33-19(4)31)26(32)27(30)29(20,6)24(21)14-15-28(22,23)5/h17-18,20-27,32H,7-16,30H2,1-6H3. The van der Waals surface area contributed by atoms with Crippen molar-refractivity contribution in [2.45, 2.75) is 124 Å². The molecule has 0 saturated heterocycles. The number of nitrogens with two attached hydrogens (primary N) is 1. The molecule has 0 amide bonds. The van der Waals surface area contributed by atoms with Gasteiger partial charge in [0.1, 0.15) is 12.2 Å². The molecule has 0 bridgehead atoms. The Bertz CT molecular complexity index is 705. The molecule has 0 spiro atoms. The van der Waals surface area contributed by atoms with Crippen molar-refractivity contribution < 1.29 is 14.6 Å². The van der Waals surface area contributed by atoms with Gasteiger partial charge in [0.15, 0.2) is 0 Å². The van der Waals surface area contributed by atoms with Crippen molar-refractivity contribution in [3.05, 3.63) is 0 Å². The minimum atomic E-state index is -0.750. The Hall–Kier alpha value is -0.610. The molecule has 0 aliphatic heterocycles. The molecule has 3 N–H and O–H groups in total. The van der Waals surface area contributed by atoms with Crippen LogP contribution in [0.15, 0.2) is 0 Å². The second-order valence-electron chi connectivity index (χ2n) is 13.4. The zero-order valence-corrected chi connectivity index (χ0v) is 22.2. The highest BCUT2D eigenvalue weighted by atomic mass is 16.6. The number of carbonyl (C=O) groups is 1. The van der Waals surface area contributed by atoms with E-state index in [1.807, 2.05) is 0 Å². The molecule has 11 unspecified atom stereocenters. The third-order valence-corrected chi connectivity index (χ3v) is 11.5. The van der Waals surface area contributed by atoms with Crippen molar-refractivity contribution in [3.8, 4) is 0 Å². The van der Waals surface area contributed by atoms with Gasteiger partial charge in [-0.1, -0.05) is 53.9 Å². The molecule has 4 aliphatic rings. The number of carbonyl (C=O) groups excluding carboxylic acids is 1. The Morgan fingerprint density at radius 2 is 1.79 bits per heavy atom. The van der Waals surface area contributed by atoms with Crippen molar-refractivity contribution in [3.63, 3.8) is 0 Å². The fourth-order valence-electron chi connectivity index (χ4n) is 9.74. The lowest BCUT2D eigenvalue weighted by Gasteiger charge is -2.63. The monoisotopic (exact) mass is 461 g/mol. The summed E-state index contributed by atoms with van der Waals surface area (Å²) in [5.74, 6) is 4.77. The van der Waals surface area contributed by atoms with Crippen molar-refractivity contribution in [1.29, 1.82) is 0 Å². The minimum Gasteiger partial charge on any atom is -0.460 e. The van der Waals surface area contributed by atoms with E-state index in [1.165, 1.54) is 58.3 Å². The summed E-state index contributed by atoms with van der Waals surface area (Å²) in [5.41, 5.74) is 7.24. The van der Waals surface area contributed by atoms with Gasteiger partial charge >= 0.3 is 5.97 Å². The van der Waals surface area contributed by atoms with Crippen LogP contribution in [0.3, 0.4) is 0 Å². The molecule has 0 aromatic rings. The lowest BCUT2D eigenvalue weighted by atomic mass is 9.43. The van der Waals surface area contributed by atoms with Crippen LogP contribution in [0.4, 0.5) is 0 Å². The Kier molecular flexibility index (Phi) is 7.30. The molecule has 4 heteroatoms. The first kappa shape index (κ1) is 25.5. The molecule has 4 rings (SSSR count). The van der Waals surface area contributed by atoms with Crippen molar-refractivity contribution in [1.82, 2.24) is 0 Å². The molecular weight excluding hydrogens is 410 g/mol. The average molecular weight is 462 g/mol. The van der Waals surface area contributed by atoms with Gasteiger partial charge in [-0.2, -0.15) is 0 Å². The Morgan fingerprint density at radius 3 is 2.45 bits per heavy atom. The summed E-state index contributed by atoms with van der Waals surface area (Å²) in [7, 11) is 0. The Balaban J connectivity index is 1.50. The van der Waals surface area contributed by atoms with E-state index in [-0.39, 0.29) is 17.4 Å². The maximum Gasteiger partial charge on any atom is 0.302 e. The first-order valence-electron chi connectivity index (χ1n) is 14.1. The predicted octanol–water partition coefficient (Wildman–Crippen LogP) is 5.95. The average Bonchev–Trinajstić information content (AvgIpc) is 3.09. The maximum atomic E-state index is 11.6. The van der Waals surface area contributed by atoms with Gasteiger partial charge in [0.25, 0.3) is 0 Å². The van der Waals surface area contributed by atoms with Gasteiger partial charge in [-0.3, -0.25) is 4.79 Å². The molecule has 4 nitrogen and oxygen atoms in total. The highest BCUT2D eigenvalue weighted by Gasteiger charge is 2.64. The van der Waals surface area contributed by atoms with E-state index >= 15 is 0 Å². The van der Waals surface area contributed by atoms with Crippen LogP contribution in [0.25, 0.3) is 0 Å². The first-order valence-corrected chi connectivity index (χ1v) is 14.1. The molecule has 4 aliphatic carbocycles. The van der Waals surface area contributed by atoms with Crippen LogP contribution in [-0.2, 0) is 9.53 Å². The lowest BCUT2D eigenvalue weighted by molar-refractivity contribution is -0.189. The fraction of sp³-hybridized carbons (Fsp3) is 0.966. The zero-order valence-electron chi connectivity index (χ0n) is 22.2. The van der Waals surface area contributed by atoms with Gasteiger partial charge in [-0.25, -0.2) is 0 Å². The molecule has 4 fully saturated rings. The van der Waals surface area contributed by atoms with Gasteiger partial charge in [-0.05, 0) is 97.2 Å². The van der Waals surface area contributed by atoms with Gasteiger partial charge in [-0.15, -0.1) is 0 Å². The SMILES string of the molecule is CC(=O)OC1CC2CCC3C4CCC(C(C)CCCC(C)C)C4(C)CCC3C2(C)C(N)C1O. The number of rotatable bonds is 6. The highest BCUT2D eigenvalue weighted by Crippen LogP contribution is 2.68. The van der Waals surface area contributed by atoms with Crippen LogP contribution in [0, 0.1) is 52.3 Å². The summed E-state index contributed by atoms with van der Waals surface area (Å²) < 4.78 is 5.51. The topological polar surface area (TPSA) is 72.5 Å². The summed E-state index contributed by atoms with van der Waals surface area (Å²) in [4.78, 5) is 11.6. The molecule has 11 atom stereocenters. The van der Waals surface area contributed by atoms with Gasteiger partial charge in [0, 0.05) is 13.0 Å². The first-order chi connectivity index (χ1) is 15.5. The van der Waals surface area contributed by atoms with Crippen LogP contribution < -0.4 is 5.73 Å². The van der Waals surface area contributed by atoms with Gasteiger partial charge in [0.2, 0.25) is 0 Å². The van der Waals surface area contributed by atoms with Gasteiger partial charge < -0.3 is 15.6 Å². The summed E-state index contributed by atoms with van der Waals surface area (Å²) in [5, 5.41) is 11.1. The smallest absolute Gasteiger partial charge is 0.302 e. The molecular formula is C29H51NO3. The molecule has 0 aromatic carbocycles. The third-order valence-electron chi connectivity index (χ3n) is 11.5. The number of ether oxygens (including phenoxy) is 1. The summed E-state index contributed by atoms with van der Waals surface area (Å²) in [6, 6.07) is -0.315. The number of aliphatic hydroxyl groups is 1. The molecule has 0 heterocycles. The molecule has 0 aromatic heterocycles. The Morgan fingerprint density at radius 1 is 1.06 bits per heavy atom. The van der Waals surface area contributed by atoms with Crippen molar-refractivity contribution >= 4 is 5.97 Å². The van der Waals surface area contributed by atoms with Gasteiger partial charge in [0.05, 0.1) is 0 Å². The molecule has 0 radical (unpaired) electrons. The largest absolute Gasteiger partial charge is 0.460 e. The molecule has 4 saturated carbocycles. The lowest BCUT2D eigenvalue weighted by Crippen LogP contribution is -2.67. The van der Waals surface area contributed by atoms with Crippen LogP contribution in [0.2, 0.25) is 0 Å². The van der Waals surface area contributed by atoms with Crippen LogP contribution in [0.5, 0.6) is 0 Å². The molecule has 190 valence electrons. The number of aliphatic hydroxyl groups excluding tert-OH is 1. The number of hydrogen-bond donors (Lipinski definition) is 2. The normalized spacial score (nSPS) is 48.0. The second kappa shape index (κ2) is 9.45.